The first-order chi connectivity index (χ1) is 12.2. The van der Waals surface area contributed by atoms with Crippen LogP contribution in [-0.4, -0.2) is 25.5 Å². The predicted octanol–water partition coefficient (Wildman–Crippen LogP) is 2.90. The van der Waals surface area contributed by atoms with Gasteiger partial charge in [0, 0.05) is 0 Å². The molecule has 0 saturated heterocycles. The van der Waals surface area contributed by atoms with Crippen molar-refractivity contribution in [2.45, 2.75) is 19.8 Å². The third-order valence-electron chi connectivity index (χ3n) is 3.63. The van der Waals surface area contributed by atoms with Crippen LogP contribution in [-0.2, 0) is 11.2 Å². The zero-order chi connectivity index (χ0) is 17.5. The zero-order valence-electron chi connectivity index (χ0n) is 14.0. The van der Waals surface area contributed by atoms with E-state index < -0.39 is 0 Å². The van der Waals surface area contributed by atoms with Crippen molar-refractivity contribution >= 4 is 12.1 Å². The summed E-state index contributed by atoms with van der Waals surface area (Å²) in [6, 6.07) is 13.2. The molecule has 130 valence electrons. The molecule has 0 atom stereocenters. The highest BCUT2D eigenvalue weighted by atomic mass is 16.7. The number of rotatable bonds is 7. The van der Waals surface area contributed by atoms with Gasteiger partial charge in [0.15, 0.2) is 18.1 Å². The van der Waals surface area contributed by atoms with E-state index in [0.29, 0.717) is 17.2 Å². The zero-order valence-corrected chi connectivity index (χ0v) is 14.0. The molecule has 25 heavy (non-hydrogen) atoms. The van der Waals surface area contributed by atoms with Gasteiger partial charge < -0.3 is 14.2 Å². The van der Waals surface area contributed by atoms with Gasteiger partial charge in [-0.25, -0.2) is 5.43 Å². The van der Waals surface area contributed by atoms with Crippen LogP contribution in [0.2, 0.25) is 0 Å². The molecule has 0 bridgehead atoms. The summed E-state index contributed by atoms with van der Waals surface area (Å²) in [6.07, 6.45) is 3.68. The van der Waals surface area contributed by atoms with Crippen LogP contribution in [0.1, 0.15) is 24.5 Å². The van der Waals surface area contributed by atoms with E-state index >= 15 is 0 Å². The number of nitrogens with zero attached hydrogens (tertiary/aromatic N) is 1. The Bertz CT molecular complexity index is 757. The van der Waals surface area contributed by atoms with Gasteiger partial charge in [-0.05, 0) is 47.9 Å². The van der Waals surface area contributed by atoms with Gasteiger partial charge in [0.25, 0.3) is 5.91 Å². The Morgan fingerprint density at radius 3 is 2.80 bits per heavy atom. The van der Waals surface area contributed by atoms with Crippen LogP contribution >= 0.6 is 0 Å². The van der Waals surface area contributed by atoms with E-state index in [-0.39, 0.29) is 19.3 Å². The SMILES string of the molecule is CCCc1ccc(OCC(=O)N/N=C/c2ccc3c(c2)OCO3)cc1. The van der Waals surface area contributed by atoms with E-state index in [1.807, 2.05) is 30.3 Å². The third kappa shape index (κ3) is 4.73. The Labute approximate surface area is 146 Å². The summed E-state index contributed by atoms with van der Waals surface area (Å²) in [5, 5.41) is 3.92. The van der Waals surface area contributed by atoms with Crippen LogP contribution in [0.25, 0.3) is 0 Å². The predicted molar refractivity (Wildman–Crippen MR) is 94.2 cm³/mol. The van der Waals surface area contributed by atoms with Gasteiger partial charge in [0.2, 0.25) is 6.79 Å². The molecule has 2 aromatic carbocycles. The smallest absolute Gasteiger partial charge is 0.277 e. The first kappa shape index (κ1) is 16.8. The fourth-order valence-electron chi connectivity index (χ4n) is 2.39. The fraction of sp³-hybridized carbons (Fsp3) is 0.263. The first-order valence-corrected chi connectivity index (χ1v) is 8.18. The van der Waals surface area contributed by atoms with Crippen molar-refractivity contribution in [1.29, 1.82) is 0 Å². The van der Waals surface area contributed by atoms with E-state index in [1.165, 1.54) is 5.56 Å². The van der Waals surface area contributed by atoms with Crippen molar-refractivity contribution in [1.82, 2.24) is 5.43 Å². The number of carbonyl (C=O) groups is 1. The molecule has 0 fully saturated rings. The van der Waals surface area contributed by atoms with Gasteiger partial charge >= 0.3 is 0 Å². The number of benzene rings is 2. The molecular weight excluding hydrogens is 320 g/mol. The number of amides is 1. The molecule has 2 aromatic rings. The number of hydrazone groups is 1. The van der Waals surface area contributed by atoms with E-state index in [4.69, 9.17) is 14.2 Å². The fourth-order valence-corrected chi connectivity index (χ4v) is 2.39. The van der Waals surface area contributed by atoms with Gasteiger partial charge in [-0.2, -0.15) is 5.10 Å². The van der Waals surface area contributed by atoms with Crippen LogP contribution in [0.4, 0.5) is 0 Å². The number of fused-ring (bicyclic) bond motifs is 1. The van der Waals surface area contributed by atoms with E-state index in [0.717, 1.165) is 18.4 Å². The van der Waals surface area contributed by atoms with Gasteiger partial charge in [0.05, 0.1) is 6.21 Å². The summed E-state index contributed by atoms with van der Waals surface area (Å²) in [7, 11) is 0. The Hall–Kier alpha value is -3.02. The van der Waals surface area contributed by atoms with E-state index in [2.05, 4.69) is 17.5 Å². The van der Waals surface area contributed by atoms with Gasteiger partial charge in [0.1, 0.15) is 5.75 Å². The summed E-state index contributed by atoms with van der Waals surface area (Å²) in [5.74, 6) is 1.72. The van der Waals surface area contributed by atoms with Crippen LogP contribution in [0.3, 0.4) is 0 Å². The number of aryl methyl sites for hydroxylation is 1. The molecule has 6 heteroatoms. The van der Waals surface area contributed by atoms with Gasteiger partial charge in [-0.3, -0.25) is 4.79 Å². The number of ether oxygens (including phenoxy) is 3. The molecule has 1 amide bonds. The molecule has 1 N–H and O–H groups in total. The quantitative estimate of drug-likeness (QED) is 0.621. The Kier molecular flexibility index (Phi) is 5.51. The molecule has 0 aliphatic carbocycles. The average molecular weight is 340 g/mol. The maximum atomic E-state index is 11.8. The van der Waals surface area contributed by atoms with Crippen molar-refractivity contribution in [2.24, 2.45) is 5.10 Å². The second kappa shape index (κ2) is 8.19. The molecule has 1 aliphatic rings. The molecule has 6 nitrogen and oxygen atoms in total. The van der Waals surface area contributed by atoms with E-state index in [1.54, 1.807) is 18.3 Å². The minimum atomic E-state index is -0.324. The maximum absolute atomic E-state index is 11.8. The second-order valence-corrected chi connectivity index (χ2v) is 5.59. The lowest BCUT2D eigenvalue weighted by Gasteiger charge is -2.06. The summed E-state index contributed by atoms with van der Waals surface area (Å²) < 4.78 is 16.0. The molecule has 1 heterocycles. The van der Waals surface area contributed by atoms with Crippen molar-refractivity contribution < 1.29 is 19.0 Å². The first-order valence-electron chi connectivity index (χ1n) is 8.18. The van der Waals surface area contributed by atoms with Gasteiger partial charge in [-0.15, -0.1) is 0 Å². The summed E-state index contributed by atoms with van der Waals surface area (Å²) in [6.45, 7) is 2.27. The Morgan fingerprint density at radius 1 is 1.20 bits per heavy atom. The van der Waals surface area contributed by atoms with Crippen LogP contribution < -0.4 is 19.6 Å². The van der Waals surface area contributed by atoms with Crippen molar-refractivity contribution in [3.05, 3.63) is 53.6 Å². The maximum Gasteiger partial charge on any atom is 0.277 e. The Balaban J connectivity index is 1.44. The highest BCUT2D eigenvalue weighted by Crippen LogP contribution is 2.31. The molecule has 0 aromatic heterocycles. The van der Waals surface area contributed by atoms with Crippen molar-refractivity contribution in [3.8, 4) is 17.2 Å². The normalized spacial score (nSPS) is 12.4. The highest BCUT2D eigenvalue weighted by molar-refractivity contribution is 5.83. The molecule has 0 saturated carbocycles. The van der Waals surface area contributed by atoms with Crippen LogP contribution in [0, 0.1) is 0 Å². The standard InChI is InChI=1S/C19H20N2O4/c1-2-3-14-4-7-16(8-5-14)23-12-19(22)21-20-11-15-6-9-17-18(10-15)25-13-24-17/h4-11H,2-3,12-13H2,1H3,(H,21,22)/b20-11+. The summed E-state index contributed by atoms with van der Waals surface area (Å²) in [4.78, 5) is 11.8. The Morgan fingerprint density at radius 2 is 2.00 bits per heavy atom. The molecular formula is C19H20N2O4. The molecule has 3 rings (SSSR count). The van der Waals surface area contributed by atoms with Crippen LogP contribution in [0.15, 0.2) is 47.6 Å². The molecule has 0 spiro atoms. The molecule has 1 aliphatic heterocycles. The number of hydrogen-bond donors (Lipinski definition) is 1. The number of nitrogens with one attached hydrogen (secondary N) is 1. The minimum absolute atomic E-state index is 0.0917. The monoisotopic (exact) mass is 340 g/mol. The number of carbonyl (C=O) groups excluding carboxylic acids is 1. The second-order valence-electron chi connectivity index (χ2n) is 5.59. The number of hydrogen-bond acceptors (Lipinski definition) is 5. The third-order valence-corrected chi connectivity index (χ3v) is 3.63. The van der Waals surface area contributed by atoms with E-state index in [9.17, 15) is 4.79 Å². The van der Waals surface area contributed by atoms with Crippen LogP contribution in [0.5, 0.6) is 17.2 Å². The lowest BCUT2D eigenvalue weighted by atomic mass is 10.1. The minimum Gasteiger partial charge on any atom is -0.484 e. The average Bonchev–Trinajstić information content (AvgIpc) is 3.09. The lowest BCUT2D eigenvalue weighted by Crippen LogP contribution is -2.24. The summed E-state index contributed by atoms with van der Waals surface area (Å²) >= 11 is 0. The highest BCUT2D eigenvalue weighted by Gasteiger charge is 2.12. The summed E-state index contributed by atoms with van der Waals surface area (Å²) in [5.41, 5.74) is 4.49. The van der Waals surface area contributed by atoms with Gasteiger partial charge in [-0.1, -0.05) is 25.5 Å². The molecule has 0 unspecified atom stereocenters. The van der Waals surface area contributed by atoms with Crippen molar-refractivity contribution in [3.63, 3.8) is 0 Å². The molecule has 0 radical (unpaired) electrons. The lowest BCUT2D eigenvalue weighted by molar-refractivity contribution is -0.123. The largest absolute Gasteiger partial charge is 0.484 e. The topological polar surface area (TPSA) is 69.2 Å². The van der Waals surface area contributed by atoms with Crippen molar-refractivity contribution in [2.75, 3.05) is 13.4 Å².